The van der Waals surface area contributed by atoms with E-state index in [1.807, 2.05) is 0 Å². The van der Waals surface area contributed by atoms with Gasteiger partial charge in [0.15, 0.2) is 5.92 Å². The van der Waals surface area contributed by atoms with Crippen molar-refractivity contribution in [3.8, 4) is 5.75 Å². The lowest BCUT2D eigenvalue weighted by Crippen LogP contribution is -2.48. The molecule has 3 atom stereocenters. The van der Waals surface area contributed by atoms with E-state index >= 15 is 4.39 Å². The third kappa shape index (κ3) is 3.24. The van der Waals surface area contributed by atoms with Gasteiger partial charge >= 0.3 is 11.9 Å². The number of rotatable bonds is 6. The van der Waals surface area contributed by atoms with Crippen LogP contribution in [0.25, 0.3) is 0 Å². The Morgan fingerprint density at radius 3 is 2.32 bits per heavy atom. The molecule has 0 amide bonds. The van der Waals surface area contributed by atoms with Gasteiger partial charge in [-0.1, -0.05) is 42.5 Å². The highest BCUT2D eigenvalue weighted by molar-refractivity contribution is 6.19. The van der Waals surface area contributed by atoms with Crippen molar-refractivity contribution in [1.82, 2.24) is 0 Å². The zero-order valence-corrected chi connectivity index (χ0v) is 15.4. The summed E-state index contributed by atoms with van der Waals surface area (Å²) in [5, 5.41) is 0. The summed E-state index contributed by atoms with van der Waals surface area (Å²) in [7, 11) is 1.48. The SMILES string of the molecule is CCOC(=O)[C@@H]1[C@H](c2ccc(OC)cc2)OC(=O)[C@]1(F)C(=O)c1ccccc1. The summed E-state index contributed by atoms with van der Waals surface area (Å²) in [5.74, 6) is -4.78. The van der Waals surface area contributed by atoms with Crippen molar-refractivity contribution in [2.24, 2.45) is 5.92 Å². The van der Waals surface area contributed by atoms with Crippen molar-refractivity contribution >= 4 is 17.7 Å². The molecule has 3 rings (SSSR count). The van der Waals surface area contributed by atoms with Crippen LogP contribution in [0.15, 0.2) is 54.6 Å². The van der Waals surface area contributed by atoms with Crippen LogP contribution in [0.5, 0.6) is 5.75 Å². The third-order valence-electron chi connectivity index (χ3n) is 4.61. The molecular formula is C21H19FO6. The highest BCUT2D eigenvalue weighted by Gasteiger charge is 2.67. The normalized spacial score (nSPS) is 23.8. The number of ketones is 1. The Morgan fingerprint density at radius 2 is 1.75 bits per heavy atom. The largest absolute Gasteiger partial charge is 0.497 e. The molecule has 28 heavy (non-hydrogen) atoms. The number of benzene rings is 2. The van der Waals surface area contributed by atoms with E-state index in [0.29, 0.717) is 11.3 Å². The molecule has 0 aliphatic carbocycles. The smallest absolute Gasteiger partial charge is 0.353 e. The number of carbonyl (C=O) groups excluding carboxylic acids is 3. The molecule has 0 unspecified atom stereocenters. The second kappa shape index (κ2) is 7.80. The van der Waals surface area contributed by atoms with Crippen LogP contribution in [0.1, 0.15) is 28.9 Å². The topological polar surface area (TPSA) is 78.9 Å². The third-order valence-corrected chi connectivity index (χ3v) is 4.61. The standard InChI is InChI=1S/C21H19FO6/c1-3-27-19(24)16-17(13-9-11-15(26-2)12-10-13)28-20(25)21(16,22)18(23)14-7-5-4-6-8-14/h4-12,16-17H,3H2,1-2H3/t16-,17-,21+/m0/s1. The second-order valence-electron chi connectivity index (χ2n) is 6.24. The molecule has 2 aromatic carbocycles. The van der Waals surface area contributed by atoms with E-state index in [1.165, 1.54) is 31.4 Å². The fourth-order valence-electron chi connectivity index (χ4n) is 3.21. The molecule has 0 spiro atoms. The first kappa shape index (κ1) is 19.5. The lowest BCUT2D eigenvalue weighted by Gasteiger charge is -2.23. The molecule has 0 bridgehead atoms. The van der Waals surface area contributed by atoms with E-state index in [-0.39, 0.29) is 12.2 Å². The van der Waals surface area contributed by atoms with Gasteiger partial charge in [-0.05, 0) is 24.6 Å². The maximum atomic E-state index is 16.0. The first-order valence-electron chi connectivity index (χ1n) is 8.73. The Hall–Kier alpha value is -3.22. The number of ether oxygens (including phenoxy) is 3. The van der Waals surface area contributed by atoms with Gasteiger partial charge in [0.05, 0.1) is 13.7 Å². The molecule has 0 saturated carbocycles. The predicted octanol–water partition coefficient (Wildman–Crippen LogP) is 3.06. The number of methoxy groups -OCH3 is 1. The minimum absolute atomic E-state index is 0.0333. The van der Waals surface area contributed by atoms with Crippen LogP contribution in [0.2, 0.25) is 0 Å². The van der Waals surface area contributed by atoms with Crippen LogP contribution in [0.4, 0.5) is 4.39 Å². The Bertz CT molecular complexity index is 880. The van der Waals surface area contributed by atoms with Crippen LogP contribution < -0.4 is 4.74 Å². The fourth-order valence-corrected chi connectivity index (χ4v) is 3.21. The Kier molecular flexibility index (Phi) is 5.44. The van der Waals surface area contributed by atoms with Crippen molar-refractivity contribution in [2.45, 2.75) is 18.7 Å². The van der Waals surface area contributed by atoms with Gasteiger partial charge < -0.3 is 14.2 Å². The number of cyclic esters (lactones) is 1. The van der Waals surface area contributed by atoms with Gasteiger partial charge in [0.25, 0.3) is 5.67 Å². The summed E-state index contributed by atoms with van der Waals surface area (Å²) >= 11 is 0. The molecular weight excluding hydrogens is 367 g/mol. The number of esters is 2. The molecule has 0 aromatic heterocycles. The summed E-state index contributed by atoms with van der Waals surface area (Å²) in [5.41, 5.74) is -2.86. The number of Topliss-reactive ketones (excluding diaryl/α,β-unsaturated/α-hetero) is 1. The number of hydrogen-bond acceptors (Lipinski definition) is 6. The average molecular weight is 386 g/mol. The summed E-state index contributed by atoms with van der Waals surface area (Å²) in [6.45, 7) is 1.52. The van der Waals surface area contributed by atoms with Crippen LogP contribution in [-0.2, 0) is 19.1 Å². The van der Waals surface area contributed by atoms with Gasteiger partial charge in [-0.15, -0.1) is 0 Å². The Balaban J connectivity index is 2.06. The van der Waals surface area contributed by atoms with Gasteiger partial charge in [0.1, 0.15) is 11.9 Å². The van der Waals surface area contributed by atoms with Crippen molar-refractivity contribution in [3.05, 3.63) is 65.7 Å². The summed E-state index contributed by atoms with van der Waals surface area (Å²) in [6, 6.07) is 13.7. The van der Waals surface area contributed by atoms with E-state index in [4.69, 9.17) is 14.2 Å². The predicted molar refractivity (Wildman–Crippen MR) is 96.6 cm³/mol. The molecule has 146 valence electrons. The van der Waals surface area contributed by atoms with Crippen molar-refractivity contribution in [1.29, 1.82) is 0 Å². The average Bonchev–Trinajstić information content (AvgIpc) is 3.00. The number of alkyl halides is 1. The van der Waals surface area contributed by atoms with E-state index in [0.717, 1.165) is 0 Å². The highest BCUT2D eigenvalue weighted by Crippen LogP contribution is 2.46. The molecule has 7 heteroatoms. The maximum absolute atomic E-state index is 16.0. The van der Waals surface area contributed by atoms with E-state index in [2.05, 4.69) is 0 Å². The molecule has 0 N–H and O–H groups in total. The number of hydrogen-bond donors (Lipinski definition) is 0. The van der Waals surface area contributed by atoms with Gasteiger partial charge in [-0.3, -0.25) is 9.59 Å². The van der Waals surface area contributed by atoms with E-state index < -0.39 is 35.4 Å². The van der Waals surface area contributed by atoms with Crippen LogP contribution >= 0.6 is 0 Å². The van der Waals surface area contributed by atoms with E-state index in [9.17, 15) is 14.4 Å². The van der Waals surface area contributed by atoms with Crippen LogP contribution in [0.3, 0.4) is 0 Å². The van der Waals surface area contributed by atoms with E-state index in [1.54, 1.807) is 37.3 Å². The highest BCUT2D eigenvalue weighted by atomic mass is 19.1. The van der Waals surface area contributed by atoms with Gasteiger partial charge in [0, 0.05) is 5.56 Å². The summed E-state index contributed by atoms with van der Waals surface area (Å²) < 4.78 is 31.2. The summed E-state index contributed by atoms with van der Waals surface area (Å²) in [4.78, 5) is 37.9. The molecule has 2 aromatic rings. The number of halogens is 1. The minimum Gasteiger partial charge on any atom is -0.497 e. The first-order chi connectivity index (χ1) is 13.4. The summed E-state index contributed by atoms with van der Waals surface area (Å²) in [6.07, 6.45) is -1.30. The quantitative estimate of drug-likeness (QED) is 0.431. The van der Waals surface area contributed by atoms with Crippen molar-refractivity contribution in [2.75, 3.05) is 13.7 Å². The van der Waals surface area contributed by atoms with Gasteiger partial charge in [-0.25, -0.2) is 9.18 Å². The number of carbonyl (C=O) groups is 3. The monoisotopic (exact) mass is 386 g/mol. The lowest BCUT2D eigenvalue weighted by molar-refractivity contribution is -0.153. The second-order valence-corrected chi connectivity index (χ2v) is 6.24. The molecule has 1 saturated heterocycles. The fraction of sp³-hybridized carbons (Fsp3) is 0.286. The van der Waals surface area contributed by atoms with Gasteiger partial charge in [-0.2, -0.15) is 0 Å². The Labute approximate surface area is 161 Å². The zero-order chi connectivity index (χ0) is 20.3. The molecule has 0 radical (unpaired) electrons. The van der Waals surface area contributed by atoms with Gasteiger partial charge in [0.2, 0.25) is 5.78 Å². The zero-order valence-electron chi connectivity index (χ0n) is 15.4. The minimum atomic E-state index is -3.18. The van der Waals surface area contributed by atoms with Crippen molar-refractivity contribution < 1.29 is 33.0 Å². The lowest BCUT2D eigenvalue weighted by atomic mass is 9.80. The molecule has 1 aliphatic rings. The molecule has 6 nitrogen and oxygen atoms in total. The molecule has 1 aliphatic heterocycles. The Morgan fingerprint density at radius 1 is 1.11 bits per heavy atom. The van der Waals surface area contributed by atoms with Crippen LogP contribution in [-0.4, -0.2) is 37.1 Å². The molecule has 1 fully saturated rings. The van der Waals surface area contributed by atoms with Crippen molar-refractivity contribution in [3.63, 3.8) is 0 Å². The maximum Gasteiger partial charge on any atom is 0.353 e. The van der Waals surface area contributed by atoms with Crippen LogP contribution in [0, 0.1) is 5.92 Å². The first-order valence-corrected chi connectivity index (χ1v) is 8.73. The molecule has 1 heterocycles.